The normalized spacial score (nSPS) is 28.7. The number of hydrogen-bond acceptors (Lipinski definition) is 18. The topological polar surface area (TPSA) is 221 Å². The average Bonchev–Trinajstić information content (AvgIpc) is 3.02. The van der Waals surface area contributed by atoms with Gasteiger partial charge >= 0.3 is 41.8 Å². The Bertz CT molecular complexity index is 1400. The van der Waals surface area contributed by atoms with Crippen LogP contribution < -0.4 is 0 Å². The van der Waals surface area contributed by atoms with Crippen molar-refractivity contribution < 1.29 is 85.7 Å². The summed E-state index contributed by atoms with van der Waals surface area (Å²) in [5, 5.41) is 0. The molecule has 3 rings (SSSR count). The predicted octanol–water partition coefficient (Wildman–Crippen LogP) is 0.823. The molecular formula is C33H42O18. The highest BCUT2D eigenvalue weighted by Crippen LogP contribution is 2.36. The molecule has 2 heterocycles. The fraction of sp³-hybridized carbons (Fsp3) is 0.606. The summed E-state index contributed by atoms with van der Waals surface area (Å²) in [6.07, 6.45) is -15.4. The lowest BCUT2D eigenvalue weighted by Crippen LogP contribution is -2.67. The Morgan fingerprint density at radius 3 is 1.41 bits per heavy atom. The van der Waals surface area contributed by atoms with E-state index in [9.17, 15) is 33.6 Å². The van der Waals surface area contributed by atoms with Gasteiger partial charge in [0.2, 0.25) is 6.29 Å². The van der Waals surface area contributed by atoms with Gasteiger partial charge in [-0.1, -0.05) is 30.3 Å². The van der Waals surface area contributed by atoms with Crippen molar-refractivity contribution in [3.05, 3.63) is 35.9 Å². The third-order valence-electron chi connectivity index (χ3n) is 7.15. The molecular weight excluding hydrogens is 684 g/mol. The van der Waals surface area contributed by atoms with E-state index in [0.717, 1.165) is 48.5 Å². The Kier molecular flexibility index (Phi) is 15.3. The lowest BCUT2D eigenvalue weighted by molar-refractivity contribution is -0.366. The molecule has 18 heteroatoms. The van der Waals surface area contributed by atoms with E-state index < -0.39 is 116 Å². The minimum Gasteiger partial charge on any atom is -0.463 e. The molecule has 18 nitrogen and oxygen atoms in total. The highest BCUT2D eigenvalue weighted by atomic mass is 16.8. The number of hydrogen-bond donors (Lipinski definition) is 0. The highest BCUT2D eigenvalue weighted by molar-refractivity contribution is 5.69. The molecule has 0 spiro atoms. The van der Waals surface area contributed by atoms with E-state index in [1.807, 2.05) is 0 Å². The number of esters is 7. The zero-order valence-electron chi connectivity index (χ0n) is 29.1. The van der Waals surface area contributed by atoms with Gasteiger partial charge in [0.05, 0.1) is 6.61 Å². The molecule has 0 unspecified atom stereocenters. The van der Waals surface area contributed by atoms with Gasteiger partial charge in [-0.25, -0.2) is 0 Å². The zero-order chi connectivity index (χ0) is 37.8. The number of carbonyl (C=O) groups excluding carboxylic acids is 7. The maximum absolute atomic E-state index is 12.5. The quantitative estimate of drug-likeness (QED) is 0.191. The molecule has 0 saturated carbocycles. The van der Waals surface area contributed by atoms with E-state index >= 15 is 0 Å². The van der Waals surface area contributed by atoms with Gasteiger partial charge in [-0.3, -0.25) is 33.6 Å². The van der Waals surface area contributed by atoms with Crippen LogP contribution >= 0.6 is 0 Å². The third-order valence-corrected chi connectivity index (χ3v) is 7.15. The van der Waals surface area contributed by atoms with Crippen molar-refractivity contribution in [2.24, 2.45) is 0 Å². The number of benzene rings is 1. The second kappa shape index (κ2) is 19.1. The van der Waals surface area contributed by atoms with Crippen LogP contribution in [0.3, 0.4) is 0 Å². The fourth-order valence-electron chi connectivity index (χ4n) is 5.36. The summed E-state index contributed by atoms with van der Waals surface area (Å²) in [7, 11) is 0. The van der Waals surface area contributed by atoms with Crippen LogP contribution in [0.2, 0.25) is 0 Å². The molecule has 2 aliphatic rings. The summed E-state index contributed by atoms with van der Waals surface area (Å²) in [5.41, 5.74) is 0.709. The van der Waals surface area contributed by atoms with E-state index in [-0.39, 0.29) is 6.61 Å². The minimum atomic E-state index is -1.77. The smallest absolute Gasteiger partial charge is 0.305 e. The Hall–Kier alpha value is -4.65. The second-order valence-corrected chi connectivity index (χ2v) is 11.5. The lowest BCUT2D eigenvalue weighted by atomic mass is 9.96. The summed E-state index contributed by atoms with van der Waals surface area (Å²) >= 11 is 0. The van der Waals surface area contributed by atoms with E-state index in [2.05, 4.69) is 0 Å². The third kappa shape index (κ3) is 12.6. The van der Waals surface area contributed by atoms with Crippen molar-refractivity contribution >= 4 is 41.8 Å². The number of ether oxygens (including phenoxy) is 11. The summed E-state index contributed by atoms with van der Waals surface area (Å²) in [5.74, 6) is -5.78. The monoisotopic (exact) mass is 726 g/mol. The van der Waals surface area contributed by atoms with Crippen molar-refractivity contribution in [1.82, 2.24) is 0 Å². The summed E-state index contributed by atoms with van der Waals surface area (Å²) < 4.78 is 62.3. The Morgan fingerprint density at radius 1 is 0.490 bits per heavy atom. The molecule has 0 radical (unpaired) electrons. The first kappa shape index (κ1) is 40.8. The molecule has 51 heavy (non-hydrogen) atoms. The van der Waals surface area contributed by atoms with Gasteiger partial charge in [0.25, 0.3) is 0 Å². The molecule has 0 N–H and O–H groups in total. The molecule has 1 aromatic carbocycles. The maximum Gasteiger partial charge on any atom is 0.305 e. The van der Waals surface area contributed by atoms with E-state index in [1.165, 1.54) is 0 Å². The molecule has 0 aromatic heterocycles. The summed E-state index contributed by atoms with van der Waals surface area (Å²) in [6, 6.07) is 8.87. The van der Waals surface area contributed by atoms with Gasteiger partial charge in [0.15, 0.2) is 36.8 Å². The summed E-state index contributed by atoms with van der Waals surface area (Å²) in [4.78, 5) is 85.4. The highest BCUT2D eigenvalue weighted by Gasteiger charge is 2.57. The van der Waals surface area contributed by atoms with Gasteiger partial charge in [-0.15, -0.1) is 0 Å². The number of carbonyl (C=O) groups is 7. The molecule has 0 bridgehead atoms. The Morgan fingerprint density at radius 2 is 0.922 bits per heavy atom. The lowest BCUT2D eigenvalue weighted by Gasteiger charge is -2.48. The van der Waals surface area contributed by atoms with Crippen molar-refractivity contribution in [3.8, 4) is 0 Å². The van der Waals surface area contributed by atoms with Crippen LogP contribution in [-0.4, -0.2) is 116 Å². The molecule has 0 aliphatic carbocycles. The molecule has 2 saturated heterocycles. The van der Waals surface area contributed by atoms with Gasteiger partial charge in [0.1, 0.15) is 31.5 Å². The van der Waals surface area contributed by atoms with Crippen molar-refractivity contribution in [2.75, 3.05) is 13.2 Å². The maximum atomic E-state index is 12.5. The predicted molar refractivity (Wildman–Crippen MR) is 164 cm³/mol. The Balaban J connectivity index is 2.13. The van der Waals surface area contributed by atoms with Gasteiger partial charge in [-0.05, 0) is 5.56 Å². The van der Waals surface area contributed by atoms with Crippen LogP contribution in [0.1, 0.15) is 54.0 Å². The SMILES string of the molecule is CC(=O)OC[C@@H]1O[C@H](OC(C)=O)[C@@H](O[C@H]2O[C@H](COC(C)=O)[C@@H](OCc3ccccc3)[C@H](OC(C)=O)[C@@H]2OC(C)=O)[C@@H](OC(C)=O)[C@@H]1OC(C)=O. The average molecular weight is 727 g/mol. The van der Waals surface area contributed by atoms with Crippen LogP contribution in [0.25, 0.3) is 0 Å². The number of rotatable bonds is 14. The van der Waals surface area contributed by atoms with Crippen molar-refractivity contribution in [2.45, 2.75) is 116 Å². The van der Waals surface area contributed by atoms with Crippen LogP contribution in [-0.2, 0) is 92.3 Å². The van der Waals surface area contributed by atoms with Crippen molar-refractivity contribution in [3.63, 3.8) is 0 Å². The minimum absolute atomic E-state index is 0.0468. The van der Waals surface area contributed by atoms with Gasteiger partial charge < -0.3 is 52.1 Å². The standard InChI is InChI=1S/C33H42O18/c1-16(34)41-14-24-26(43-13-23-11-9-8-10-12-23)28(45-19(4)37)30(47-21(6)39)33(49-24)51-31-29(46-20(5)38)27(44-18(3)36)25(15-42-17(2)35)50-32(31)48-22(7)40/h8-12,24-33H,13-15H2,1-7H3/t24-,25+,26-,27-,28+,29+,30+,31+,32+,33-/m1/s1. The van der Waals surface area contributed by atoms with E-state index in [4.69, 9.17) is 52.1 Å². The molecule has 2 fully saturated rings. The zero-order valence-corrected chi connectivity index (χ0v) is 29.1. The van der Waals surface area contributed by atoms with Crippen LogP contribution in [0.15, 0.2) is 30.3 Å². The molecule has 0 amide bonds. The first-order chi connectivity index (χ1) is 24.0. The van der Waals surface area contributed by atoms with Gasteiger partial charge in [-0.2, -0.15) is 0 Å². The first-order valence-corrected chi connectivity index (χ1v) is 15.8. The van der Waals surface area contributed by atoms with Gasteiger partial charge in [0, 0.05) is 48.5 Å². The van der Waals surface area contributed by atoms with E-state index in [0.29, 0.717) is 5.56 Å². The summed E-state index contributed by atoms with van der Waals surface area (Å²) in [6.45, 7) is 6.51. The fourth-order valence-corrected chi connectivity index (χ4v) is 5.36. The molecule has 10 atom stereocenters. The van der Waals surface area contributed by atoms with Crippen LogP contribution in [0, 0.1) is 0 Å². The molecule has 282 valence electrons. The molecule has 1 aromatic rings. The Labute approximate surface area is 293 Å². The molecule has 2 aliphatic heterocycles. The van der Waals surface area contributed by atoms with Crippen LogP contribution in [0.5, 0.6) is 0 Å². The van der Waals surface area contributed by atoms with Crippen LogP contribution in [0.4, 0.5) is 0 Å². The van der Waals surface area contributed by atoms with E-state index in [1.54, 1.807) is 30.3 Å². The van der Waals surface area contributed by atoms with Crippen molar-refractivity contribution in [1.29, 1.82) is 0 Å². The first-order valence-electron chi connectivity index (χ1n) is 15.8. The second-order valence-electron chi connectivity index (χ2n) is 11.5. The largest absolute Gasteiger partial charge is 0.463 e.